The quantitative estimate of drug-likeness (QED) is 0.699. The third-order valence-corrected chi connectivity index (χ3v) is 2.83. The zero-order valence-corrected chi connectivity index (χ0v) is 9.43. The molecule has 2 nitrogen and oxygen atoms in total. The van der Waals surface area contributed by atoms with E-state index in [0.29, 0.717) is 5.92 Å². The average molecular weight is 245 g/mol. The topological polar surface area (TPSA) is 26.3 Å². The number of hydrogen-bond acceptors (Lipinski definition) is 2. The summed E-state index contributed by atoms with van der Waals surface area (Å²) in [5.74, 6) is 0.0925. The van der Waals surface area contributed by atoms with Gasteiger partial charge < -0.3 is 4.74 Å². The Morgan fingerprint density at radius 1 is 1.69 bits per heavy atom. The van der Waals surface area contributed by atoms with Crippen LogP contribution in [0.5, 0.6) is 0 Å². The summed E-state index contributed by atoms with van der Waals surface area (Å²) in [5.41, 5.74) is 0.785. The van der Waals surface area contributed by atoms with Gasteiger partial charge in [-0.2, -0.15) is 0 Å². The minimum atomic E-state index is -0.205. The Balaban J connectivity index is 2.85. The highest BCUT2D eigenvalue weighted by molar-refractivity contribution is 9.11. The monoisotopic (exact) mass is 244 g/mol. The summed E-state index contributed by atoms with van der Waals surface area (Å²) in [7, 11) is 1.42. The van der Waals surface area contributed by atoms with Gasteiger partial charge in [0.25, 0.3) is 0 Å². The van der Waals surface area contributed by atoms with Crippen LogP contribution in [0.3, 0.4) is 0 Å². The van der Waals surface area contributed by atoms with Crippen LogP contribution in [0.1, 0.15) is 19.8 Å². The Hall–Kier alpha value is -0.570. The zero-order chi connectivity index (χ0) is 9.84. The second kappa shape index (κ2) is 4.61. The van der Waals surface area contributed by atoms with Crippen LogP contribution in [0.15, 0.2) is 22.2 Å². The summed E-state index contributed by atoms with van der Waals surface area (Å²) in [6.45, 7) is 2.08. The third kappa shape index (κ3) is 2.44. The Morgan fingerprint density at radius 2 is 2.38 bits per heavy atom. The van der Waals surface area contributed by atoms with Gasteiger partial charge in [-0.05, 0) is 23.2 Å². The number of allylic oxidation sites excluding steroid dienone is 3. The van der Waals surface area contributed by atoms with Crippen molar-refractivity contribution in [2.45, 2.75) is 19.8 Å². The van der Waals surface area contributed by atoms with Gasteiger partial charge in [-0.3, -0.25) is 0 Å². The van der Waals surface area contributed by atoms with E-state index in [1.807, 2.05) is 12.2 Å². The van der Waals surface area contributed by atoms with Crippen molar-refractivity contribution in [3.8, 4) is 0 Å². The van der Waals surface area contributed by atoms with Crippen LogP contribution in [0, 0.1) is 5.92 Å². The van der Waals surface area contributed by atoms with Gasteiger partial charge in [0.2, 0.25) is 0 Å². The van der Waals surface area contributed by atoms with Gasteiger partial charge in [0.15, 0.2) is 0 Å². The Kier molecular flexibility index (Phi) is 3.72. The Bertz CT molecular complexity index is 266. The first-order valence-electron chi connectivity index (χ1n) is 4.33. The second-order valence-corrected chi connectivity index (χ2v) is 4.05. The van der Waals surface area contributed by atoms with Gasteiger partial charge in [0.05, 0.1) is 7.11 Å². The van der Waals surface area contributed by atoms with Crippen molar-refractivity contribution in [2.24, 2.45) is 5.92 Å². The predicted octanol–water partition coefficient (Wildman–Crippen LogP) is 2.79. The van der Waals surface area contributed by atoms with Crippen LogP contribution in [0.4, 0.5) is 0 Å². The van der Waals surface area contributed by atoms with Crippen LogP contribution in [0.25, 0.3) is 0 Å². The molecule has 0 aromatic carbocycles. The number of rotatable bonds is 2. The maximum absolute atomic E-state index is 11.3. The van der Waals surface area contributed by atoms with Crippen molar-refractivity contribution in [1.82, 2.24) is 0 Å². The van der Waals surface area contributed by atoms with Crippen molar-refractivity contribution in [2.75, 3.05) is 7.11 Å². The fourth-order valence-corrected chi connectivity index (χ4v) is 1.97. The molecule has 3 heteroatoms. The lowest BCUT2D eigenvalue weighted by atomic mass is 9.89. The fraction of sp³-hybridized carbons (Fsp3) is 0.500. The fourth-order valence-electron chi connectivity index (χ4n) is 1.45. The Labute approximate surface area is 86.8 Å². The number of esters is 1. The van der Waals surface area contributed by atoms with Crippen molar-refractivity contribution < 1.29 is 9.53 Å². The molecule has 1 aliphatic rings. The van der Waals surface area contributed by atoms with E-state index in [9.17, 15) is 4.79 Å². The van der Waals surface area contributed by atoms with Gasteiger partial charge in [-0.15, -0.1) is 0 Å². The number of hydrogen-bond donors (Lipinski definition) is 0. The molecule has 0 N–H and O–H groups in total. The first kappa shape index (κ1) is 10.5. The van der Waals surface area contributed by atoms with E-state index in [2.05, 4.69) is 22.9 Å². The molecule has 0 aromatic heterocycles. The molecule has 0 fully saturated rings. The van der Waals surface area contributed by atoms with Crippen LogP contribution >= 0.6 is 15.9 Å². The minimum Gasteiger partial charge on any atom is -0.466 e. The van der Waals surface area contributed by atoms with E-state index in [1.165, 1.54) is 7.11 Å². The maximum atomic E-state index is 11.3. The molecule has 0 radical (unpaired) electrons. The van der Waals surface area contributed by atoms with E-state index in [1.54, 1.807) is 0 Å². The van der Waals surface area contributed by atoms with E-state index < -0.39 is 0 Å². The Morgan fingerprint density at radius 3 is 2.92 bits per heavy atom. The summed E-state index contributed by atoms with van der Waals surface area (Å²) in [5, 5.41) is 0. The summed E-state index contributed by atoms with van der Waals surface area (Å²) >= 11 is 3.43. The van der Waals surface area contributed by atoms with Crippen LogP contribution < -0.4 is 0 Å². The van der Waals surface area contributed by atoms with Crippen molar-refractivity contribution in [3.63, 3.8) is 0 Å². The lowest BCUT2D eigenvalue weighted by molar-refractivity contribution is -0.136. The van der Waals surface area contributed by atoms with Crippen LogP contribution in [0.2, 0.25) is 0 Å². The summed E-state index contributed by atoms with van der Waals surface area (Å²) in [6.07, 6.45) is 5.62. The molecule has 13 heavy (non-hydrogen) atoms. The molecule has 1 aliphatic carbocycles. The van der Waals surface area contributed by atoms with Gasteiger partial charge in [-0.25, -0.2) is 4.79 Å². The molecule has 0 aromatic rings. The summed E-state index contributed by atoms with van der Waals surface area (Å²) in [4.78, 5) is 11.3. The highest BCUT2D eigenvalue weighted by Crippen LogP contribution is 2.31. The molecule has 72 valence electrons. The van der Waals surface area contributed by atoms with Gasteiger partial charge in [-0.1, -0.05) is 35.0 Å². The molecule has 1 atom stereocenters. The van der Waals surface area contributed by atoms with E-state index >= 15 is 0 Å². The molecule has 0 saturated heterocycles. The van der Waals surface area contributed by atoms with Gasteiger partial charge in [0.1, 0.15) is 0 Å². The molecular weight excluding hydrogens is 232 g/mol. The molecule has 0 bridgehead atoms. The number of carbonyl (C=O) groups is 1. The number of carbonyl (C=O) groups excluding carboxylic acids is 1. The van der Waals surface area contributed by atoms with E-state index in [-0.39, 0.29) is 5.97 Å². The molecule has 1 rings (SSSR count). The molecule has 0 heterocycles. The smallest absolute Gasteiger partial charge is 0.334 e. The number of ether oxygens (including phenoxy) is 1. The maximum Gasteiger partial charge on any atom is 0.334 e. The van der Waals surface area contributed by atoms with Crippen molar-refractivity contribution in [3.05, 3.63) is 22.2 Å². The predicted molar refractivity (Wildman–Crippen MR) is 55.5 cm³/mol. The molecular formula is C10H13BrO2. The number of halogens is 1. The van der Waals surface area contributed by atoms with Crippen LogP contribution in [-0.2, 0) is 9.53 Å². The third-order valence-electron chi connectivity index (χ3n) is 2.24. The highest BCUT2D eigenvalue weighted by Gasteiger charge is 2.22. The van der Waals surface area contributed by atoms with Gasteiger partial charge in [0, 0.05) is 5.57 Å². The normalized spacial score (nSPS) is 21.9. The average Bonchev–Trinajstić information content (AvgIpc) is 2.16. The van der Waals surface area contributed by atoms with Crippen LogP contribution in [-0.4, -0.2) is 13.1 Å². The highest BCUT2D eigenvalue weighted by atomic mass is 79.9. The van der Waals surface area contributed by atoms with E-state index in [4.69, 9.17) is 4.74 Å². The molecule has 0 spiro atoms. The standard InChI is InChI=1S/C10H13BrO2/c1-3-7-6-8(11)4-5-9(7)10(12)13-2/h4-5,7H,3,6H2,1-2H3. The van der Waals surface area contributed by atoms with Crippen molar-refractivity contribution in [1.29, 1.82) is 0 Å². The van der Waals surface area contributed by atoms with Gasteiger partial charge >= 0.3 is 5.97 Å². The largest absolute Gasteiger partial charge is 0.466 e. The first-order chi connectivity index (χ1) is 6.19. The zero-order valence-electron chi connectivity index (χ0n) is 7.84. The first-order valence-corrected chi connectivity index (χ1v) is 5.12. The molecule has 0 saturated carbocycles. The SMILES string of the molecule is CCC1CC(Br)=CC=C1C(=O)OC. The lowest BCUT2D eigenvalue weighted by Crippen LogP contribution is -2.16. The second-order valence-electron chi connectivity index (χ2n) is 3.04. The summed E-state index contributed by atoms with van der Waals surface area (Å²) in [6, 6.07) is 0. The minimum absolute atomic E-state index is 0.205. The van der Waals surface area contributed by atoms with E-state index in [0.717, 1.165) is 22.9 Å². The van der Waals surface area contributed by atoms with Crippen molar-refractivity contribution >= 4 is 21.9 Å². The molecule has 0 aliphatic heterocycles. The lowest BCUT2D eigenvalue weighted by Gasteiger charge is -2.19. The molecule has 1 unspecified atom stereocenters. The number of methoxy groups -OCH3 is 1. The summed E-state index contributed by atoms with van der Waals surface area (Å²) < 4.78 is 5.85. The molecule has 0 amide bonds.